The molecular weight excluding hydrogens is 242 g/mol. The molecule has 0 spiro atoms. The minimum Gasteiger partial charge on any atom is -0.497 e. The van der Waals surface area contributed by atoms with Gasteiger partial charge in [0.1, 0.15) is 17.3 Å². The number of rotatable bonds is 4. The molecule has 0 atom stereocenters. The fourth-order valence-electron chi connectivity index (χ4n) is 1.59. The highest BCUT2D eigenvalue weighted by Gasteiger charge is 2.00. The number of nitrogens with one attached hydrogen (secondary N) is 1. The molecule has 1 N–H and O–H groups in total. The first-order valence-electron chi connectivity index (χ1n) is 5.87. The molecule has 98 valence electrons. The summed E-state index contributed by atoms with van der Waals surface area (Å²) in [7, 11) is 1.58. The van der Waals surface area contributed by atoms with Gasteiger partial charge in [-0.2, -0.15) is 0 Å². The molecule has 0 bridgehead atoms. The molecule has 4 heteroatoms. The summed E-state index contributed by atoms with van der Waals surface area (Å²) in [5.41, 5.74) is 0.685. The van der Waals surface area contributed by atoms with E-state index in [4.69, 9.17) is 9.15 Å². The van der Waals surface area contributed by atoms with Crippen LogP contribution < -0.4 is 10.1 Å². The van der Waals surface area contributed by atoms with Crippen molar-refractivity contribution < 1.29 is 13.9 Å². The predicted octanol–water partition coefficient (Wildman–Crippen LogP) is 3.25. The summed E-state index contributed by atoms with van der Waals surface area (Å²) in [5, 5.41) is 2.75. The van der Waals surface area contributed by atoms with Gasteiger partial charge in [0, 0.05) is 17.8 Å². The van der Waals surface area contributed by atoms with E-state index in [0.717, 1.165) is 5.76 Å². The van der Waals surface area contributed by atoms with E-state index in [0.29, 0.717) is 17.2 Å². The molecular formula is C15H15NO3. The van der Waals surface area contributed by atoms with E-state index in [1.807, 2.05) is 31.2 Å². The van der Waals surface area contributed by atoms with Gasteiger partial charge in [0.15, 0.2) is 0 Å². The monoisotopic (exact) mass is 257 g/mol. The van der Waals surface area contributed by atoms with E-state index in [-0.39, 0.29) is 5.91 Å². The Hall–Kier alpha value is -2.49. The Morgan fingerprint density at radius 3 is 2.84 bits per heavy atom. The molecule has 0 unspecified atom stereocenters. The van der Waals surface area contributed by atoms with E-state index in [1.54, 1.807) is 25.3 Å². The third-order valence-electron chi connectivity index (χ3n) is 2.50. The summed E-state index contributed by atoms with van der Waals surface area (Å²) in [5.74, 6) is 1.94. The second-order valence-electron chi connectivity index (χ2n) is 4.00. The van der Waals surface area contributed by atoms with Crippen LogP contribution in [0, 0.1) is 6.92 Å². The molecule has 2 aromatic rings. The first kappa shape index (κ1) is 13.0. The van der Waals surface area contributed by atoms with Gasteiger partial charge in [-0.1, -0.05) is 6.07 Å². The Bertz CT molecular complexity index is 599. The SMILES string of the molecule is COc1cccc(NC(=O)C=Cc2ccc(C)o2)c1. The van der Waals surface area contributed by atoms with Gasteiger partial charge in [0.2, 0.25) is 5.91 Å². The highest BCUT2D eigenvalue weighted by molar-refractivity contribution is 6.01. The third-order valence-corrected chi connectivity index (χ3v) is 2.50. The van der Waals surface area contributed by atoms with Gasteiger partial charge < -0.3 is 14.5 Å². The van der Waals surface area contributed by atoms with Gasteiger partial charge in [0.25, 0.3) is 0 Å². The zero-order chi connectivity index (χ0) is 13.7. The average molecular weight is 257 g/mol. The summed E-state index contributed by atoms with van der Waals surface area (Å²) in [4.78, 5) is 11.7. The Labute approximate surface area is 111 Å². The van der Waals surface area contributed by atoms with Crippen LogP contribution in [-0.2, 0) is 4.79 Å². The molecule has 0 radical (unpaired) electrons. The number of aryl methyl sites for hydroxylation is 1. The van der Waals surface area contributed by atoms with Gasteiger partial charge in [-0.15, -0.1) is 0 Å². The van der Waals surface area contributed by atoms with Crippen molar-refractivity contribution in [2.75, 3.05) is 12.4 Å². The maximum atomic E-state index is 11.7. The molecule has 0 aliphatic heterocycles. The fraction of sp³-hybridized carbons (Fsp3) is 0.133. The fourth-order valence-corrected chi connectivity index (χ4v) is 1.59. The molecule has 0 saturated carbocycles. The Morgan fingerprint density at radius 2 is 2.16 bits per heavy atom. The minimum atomic E-state index is -0.220. The maximum Gasteiger partial charge on any atom is 0.248 e. The van der Waals surface area contributed by atoms with Crippen molar-refractivity contribution in [2.24, 2.45) is 0 Å². The first-order valence-corrected chi connectivity index (χ1v) is 5.87. The summed E-state index contributed by atoms with van der Waals surface area (Å²) in [6, 6.07) is 10.8. The van der Waals surface area contributed by atoms with Gasteiger partial charge in [-0.05, 0) is 37.3 Å². The number of benzene rings is 1. The van der Waals surface area contributed by atoms with Crippen LogP contribution in [-0.4, -0.2) is 13.0 Å². The molecule has 2 rings (SSSR count). The maximum absolute atomic E-state index is 11.7. The van der Waals surface area contributed by atoms with Crippen LogP contribution in [0.3, 0.4) is 0 Å². The smallest absolute Gasteiger partial charge is 0.248 e. The Kier molecular flexibility index (Phi) is 4.03. The highest BCUT2D eigenvalue weighted by Crippen LogP contribution is 2.16. The molecule has 0 saturated heterocycles. The summed E-state index contributed by atoms with van der Waals surface area (Å²) in [6.07, 6.45) is 3.06. The van der Waals surface area contributed by atoms with Gasteiger partial charge in [-0.25, -0.2) is 0 Å². The van der Waals surface area contributed by atoms with Gasteiger partial charge in [-0.3, -0.25) is 4.79 Å². The van der Waals surface area contributed by atoms with E-state index in [2.05, 4.69) is 5.32 Å². The van der Waals surface area contributed by atoms with E-state index < -0.39 is 0 Å². The number of ether oxygens (including phenoxy) is 1. The number of carbonyl (C=O) groups excluding carboxylic acids is 1. The lowest BCUT2D eigenvalue weighted by Gasteiger charge is -2.04. The lowest BCUT2D eigenvalue weighted by atomic mass is 10.3. The van der Waals surface area contributed by atoms with Gasteiger partial charge >= 0.3 is 0 Å². The highest BCUT2D eigenvalue weighted by atomic mass is 16.5. The van der Waals surface area contributed by atoms with Crippen LogP contribution in [0.15, 0.2) is 46.9 Å². The van der Waals surface area contributed by atoms with Crippen LogP contribution in [0.2, 0.25) is 0 Å². The van der Waals surface area contributed by atoms with Crippen molar-refractivity contribution in [3.8, 4) is 5.75 Å². The summed E-state index contributed by atoms with van der Waals surface area (Å²) < 4.78 is 10.4. The largest absolute Gasteiger partial charge is 0.497 e. The quantitative estimate of drug-likeness (QED) is 0.855. The third kappa shape index (κ3) is 3.74. The van der Waals surface area contributed by atoms with Gasteiger partial charge in [0.05, 0.1) is 7.11 Å². The van der Waals surface area contributed by atoms with Crippen LogP contribution in [0.5, 0.6) is 5.75 Å². The number of carbonyl (C=O) groups is 1. The van der Waals surface area contributed by atoms with Crippen LogP contribution in [0.1, 0.15) is 11.5 Å². The first-order chi connectivity index (χ1) is 9.17. The lowest BCUT2D eigenvalue weighted by Crippen LogP contribution is -2.07. The molecule has 1 heterocycles. The van der Waals surface area contributed by atoms with Crippen LogP contribution in [0.25, 0.3) is 6.08 Å². The number of hydrogen-bond donors (Lipinski definition) is 1. The van der Waals surface area contributed by atoms with Crippen molar-refractivity contribution >= 4 is 17.7 Å². The normalized spacial score (nSPS) is 10.6. The second kappa shape index (κ2) is 5.91. The molecule has 0 fully saturated rings. The van der Waals surface area contributed by atoms with E-state index >= 15 is 0 Å². The topological polar surface area (TPSA) is 51.5 Å². The zero-order valence-electron chi connectivity index (χ0n) is 10.8. The zero-order valence-corrected chi connectivity index (χ0v) is 10.8. The lowest BCUT2D eigenvalue weighted by molar-refractivity contribution is -0.111. The van der Waals surface area contributed by atoms with E-state index in [1.165, 1.54) is 6.08 Å². The number of hydrogen-bond acceptors (Lipinski definition) is 3. The molecule has 0 aliphatic carbocycles. The second-order valence-corrected chi connectivity index (χ2v) is 4.00. The molecule has 19 heavy (non-hydrogen) atoms. The summed E-state index contributed by atoms with van der Waals surface area (Å²) in [6.45, 7) is 1.85. The number of methoxy groups -OCH3 is 1. The molecule has 1 aromatic heterocycles. The van der Waals surface area contributed by atoms with Crippen molar-refractivity contribution in [2.45, 2.75) is 6.92 Å². The van der Waals surface area contributed by atoms with Crippen molar-refractivity contribution in [1.82, 2.24) is 0 Å². The molecule has 1 amide bonds. The number of anilines is 1. The Morgan fingerprint density at radius 1 is 1.32 bits per heavy atom. The van der Waals surface area contributed by atoms with Crippen molar-refractivity contribution in [3.63, 3.8) is 0 Å². The average Bonchev–Trinajstić information content (AvgIpc) is 2.82. The van der Waals surface area contributed by atoms with Crippen LogP contribution in [0.4, 0.5) is 5.69 Å². The van der Waals surface area contributed by atoms with Crippen LogP contribution >= 0.6 is 0 Å². The van der Waals surface area contributed by atoms with Crippen molar-refractivity contribution in [3.05, 3.63) is 54.0 Å². The Balaban J connectivity index is 1.99. The summed E-state index contributed by atoms with van der Waals surface area (Å²) >= 11 is 0. The van der Waals surface area contributed by atoms with E-state index in [9.17, 15) is 4.79 Å². The number of amides is 1. The molecule has 4 nitrogen and oxygen atoms in total. The predicted molar refractivity (Wildman–Crippen MR) is 74.1 cm³/mol. The standard InChI is InChI=1S/C15H15NO3/c1-11-6-7-13(19-11)8-9-15(17)16-12-4-3-5-14(10-12)18-2/h3-10H,1-2H3,(H,16,17). The molecule has 0 aliphatic rings. The number of furan rings is 1. The van der Waals surface area contributed by atoms with Crippen molar-refractivity contribution in [1.29, 1.82) is 0 Å². The minimum absolute atomic E-state index is 0.220. The molecule has 1 aromatic carbocycles.